The van der Waals surface area contributed by atoms with E-state index in [9.17, 15) is 29.5 Å². The molecule has 7 rings (SSSR count). The van der Waals surface area contributed by atoms with E-state index in [-0.39, 0.29) is 62.8 Å². The summed E-state index contributed by atoms with van der Waals surface area (Å²) in [5.41, 5.74) is 3.51. The number of oxime groups is 1. The van der Waals surface area contributed by atoms with Crippen molar-refractivity contribution in [2.75, 3.05) is 33.2 Å². The Hall–Kier alpha value is -5.74. The number of aliphatic hydroxyl groups is 2. The largest absolute Gasteiger partial charge is 0.459 e. The molecule has 1 fully saturated rings. The number of thioether (sulfide) groups is 1. The molecule has 2 N–H and O–H groups in total. The molecular weight excluding hydrogens is 854 g/mol. The molecule has 3 aliphatic rings. The molecule has 0 unspecified atom stereocenters. The first-order valence-electron chi connectivity index (χ1n) is 22.0. The second-order valence-electron chi connectivity index (χ2n) is 16.5. The number of non-ortho nitro benzene ring substituents is 1. The Morgan fingerprint density at radius 1 is 0.985 bits per heavy atom. The molecule has 0 saturated heterocycles. The number of aliphatic hydroxyl groups excluding tert-OH is 2. The monoisotopic (exact) mass is 909 g/mol. The first-order valence-corrected chi connectivity index (χ1v) is 23.2. The standard InChI is InChI=1S/C50H56FN3O10S/c1-4-27-61-50-46(53(49(57)60-2)31-33-11-15-36(51)16-12-33)30-44(52-62-32-34-13-17-37(18-14-34)54(58)59)42-28-35(9-5-7-25-55)41(10-6-8-26-56)47(48(42)50)43-29-39(21-24-45(43)64-50)63-38-19-22-40(65-3)23-20-38/h4,11-24,28-29,35,41,46-48,55-56H,1,5-10,25-27,30-32H2,2-3H3/t35-,41+,46-,47+,48+,50+/m0/s1. The van der Waals surface area contributed by atoms with Crippen LogP contribution in [0.15, 0.2) is 125 Å². The number of amides is 1. The molecule has 6 atom stereocenters. The molecule has 65 heavy (non-hydrogen) atoms. The highest BCUT2D eigenvalue weighted by Crippen LogP contribution is 2.62. The number of nitro groups is 1. The molecule has 13 nitrogen and oxygen atoms in total. The third kappa shape index (κ3) is 10.7. The van der Waals surface area contributed by atoms with Crippen LogP contribution in [0.3, 0.4) is 0 Å². The van der Waals surface area contributed by atoms with Crippen molar-refractivity contribution < 1.29 is 48.1 Å². The number of carbonyl (C=O) groups excluding carboxylic acids is 1. The molecule has 0 aromatic heterocycles. The second-order valence-corrected chi connectivity index (χ2v) is 17.4. The number of benzene rings is 4. The Kier molecular flexibility index (Phi) is 16.0. The predicted octanol–water partition coefficient (Wildman–Crippen LogP) is 10.4. The van der Waals surface area contributed by atoms with Gasteiger partial charge in [-0.25, -0.2) is 9.18 Å². The number of methoxy groups -OCH3 is 1. The molecule has 0 radical (unpaired) electrons. The van der Waals surface area contributed by atoms with E-state index in [0.29, 0.717) is 46.9 Å². The number of carbonyl (C=O) groups is 1. The lowest BCUT2D eigenvalue weighted by Gasteiger charge is -2.59. The van der Waals surface area contributed by atoms with Crippen LogP contribution in [0.4, 0.5) is 14.9 Å². The van der Waals surface area contributed by atoms with Gasteiger partial charge in [0.25, 0.3) is 5.69 Å². The first-order chi connectivity index (χ1) is 31.6. The van der Waals surface area contributed by atoms with Gasteiger partial charge >= 0.3 is 6.09 Å². The number of fused-ring (bicyclic) bond motifs is 2. The molecule has 15 heteroatoms. The Morgan fingerprint density at radius 3 is 2.34 bits per heavy atom. The zero-order valence-electron chi connectivity index (χ0n) is 36.7. The summed E-state index contributed by atoms with van der Waals surface area (Å²) >= 11 is 1.64. The summed E-state index contributed by atoms with van der Waals surface area (Å²) in [5, 5.41) is 36.1. The lowest BCUT2D eigenvalue weighted by Crippen LogP contribution is -2.70. The Labute approximate surface area is 383 Å². The van der Waals surface area contributed by atoms with Crippen molar-refractivity contribution in [3.05, 3.63) is 148 Å². The van der Waals surface area contributed by atoms with Crippen molar-refractivity contribution in [3.8, 4) is 17.2 Å². The van der Waals surface area contributed by atoms with E-state index >= 15 is 0 Å². The van der Waals surface area contributed by atoms with Crippen molar-refractivity contribution >= 4 is 29.3 Å². The van der Waals surface area contributed by atoms with Gasteiger partial charge in [-0.3, -0.25) is 15.0 Å². The van der Waals surface area contributed by atoms with Crippen LogP contribution < -0.4 is 9.47 Å². The Balaban J connectivity index is 1.43. The molecule has 0 spiro atoms. The highest BCUT2D eigenvalue weighted by atomic mass is 32.2. The smallest absolute Gasteiger partial charge is 0.410 e. The Morgan fingerprint density at radius 2 is 1.68 bits per heavy atom. The molecule has 1 amide bonds. The number of unbranched alkanes of at least 4 members (excludes halogenated alkanes) is 2. The van der Waals surface area contributed by atoms with Gasteiger partial charge in [0.15, 0.2) is 0 Å². The quantitative estimate of drug-likeness (QED) is 0.0269. The van der Waals surface area contributed by atoms with Gasteiger partial charge in [0.2, 0.25) is 5.79 Å². The van der Waals surface area contributed by atoms with Gasteiger partial charge in [-0.2, -0.15) is 0 Å². The van der Waals surface area contributed by atoms with Gasteiger partial charge in [-0.1, -0.05) is 42.3 Å². The Bertz CT molecular complexity index is 2330. The fraction of sp³-hybridized carbons (Fsp3) is 0.400. The highest BCUT2D eigenvalue weighted by Gasteiger charge is 2.65. The molecule has 1 heterocycles. The number of ether oxygens (including phenoxy) is 4. The molecule has 4 aromatic rings. The number of halogens is 1. The van der Waals surface area contributed by atoms with Crippen molar-refractivity contribution in [2.45, 2.75) is 80.7 Å². The van der Waals surface area contributed by atoms with Gasteiger partial charge in [0.05, 0.1) is 30.3 Å². The second kappa shape index (κ2) is 22.0. The SMILES string of the molecule is C=CCO[C@@]12Oc3ccc(Oc4ccc(SC)cc4)cc3[C@H]3[C@H](CCCCO)[C@@H](CCCCO)C=C(C(=NOCc4ccc([N+](=O)[O-])cc4)C[C@@H]1N(Cc1ccc(F)cc1)C(=O)OC)[C@H]32. The number of nitro benzene ring substituents is 1. The van der Waals surface area contributed by atoms with Crippen molar-refractivity contribution in [3.63, 3.8) is 0 Å². The van der Waals surface area contributed by atoms with Crippen LogP contribution in [0, 0.1) is 33.7 Å². The number of nitrogens with zero attached hydrogens (tertiary/aromatic N) is 3. The number of hydrogen-bond donors (Lipinski definition) is 2. The normalized spacial score (nSPS) is 22.4. The summed E-state index contributed by atoms with van der Waals surface area (Å²) in [7, 11) is 1.30. The minimum atomic E-state index is -1.56. The minimum Gasteiger partial charge on any atom is -0.459 e. The lowest BCUT2D eigenvalue weighted by atomic mass is 9.55. The molecule has 1 aliphatic heterocycles. The third-order valence-electron chi connectivity index (χ3n) is 12.5. The summed E-state index contributed by atoms with van der Waals surface area (Å²) in [4.78, 5) is 33.9. The van der Waals surface area contributed by atoms with Crippen molar-refractivity contribution in [1.29, 1.82) is 0 Å². The zero-order chi connectivity index (χ0) is 45.9. The number of hydrogen-bond acceptors (Lipinski definition) is 12. The van der Waals surface area contributed by atoms with Gasteiger partial charge in [0, 0.05) is 54.7 Å². The lowest BCUT2D eigenvalue weighted by molar-refractivity contribution is -0.384. The van der Waals surface area contributed by atoms with E-state index in [1.165, 1.54) is 31.4 Å². The van der Waals surface area contributed by atoms with Crippen LogP contribution in [0.2, 0.25) is 0 Å². The molecule has 4 aromatic carbocycles. The molecular formula is C50H56FN3O10S. The van der Waals surface area contributed by atoms with Crippen molar-refractivity contribution in [2.24, 2.45) is 22.9 Å². The maximum absolute atomic E-state index is 14.2. The number of allylic oxidation sites excluding steroid dienone is 1. The van der Waals surface area contributed by atoms with E-state index in [1.54, 1.807) is 47.0 Å². The van der Waals surface area contributed by atoms with Crippen LogP contribution in [0.1, 0.15) is 67.6 Å². The van der Waals surface area contributed by atoms with E-state index < -0.39 is 34.6 Å². The summed E-state index contributed by atoms with van der Waals surface area (Å²) in [5.74, 6) is -1.16. The maximum atomic E-state index is 14.2. The summed E-state index contributed by atoms with van der Waals surface area (Å²) < 4.78 is 40.6. The fourth-order valence-corrected chi connectivity index (χ4v) is 10.0. The molecule has 2 aliphatic carbocycles. The van der Waals surface area contributed by atoms with Crippen molar-refractivity contribution in [1.82, 2.24) is 4.90 Å². The zero-order valence-corrected chi connectivity index (χ0v) is 37.5. The average Bonchev–Trinajstić information content (AvgIpc) is 3.32. The highest BCUT2D eigenvalue weighted by molar-refractivity contribution is 7.98. The van der Waals surface area contributed by atoms with Crippen LogP contribution in [-0.4, -0.2) is 76.9 Å². The average molecular weight is 910 g/mol. The predicted molar refractivity (Wildman–Crippen MR) is 245 cm³/mol. The van der Waals surface area contributed by atoms with Gasteiger partial charge < -0.3 is 34.0 Å². The van der Waals surface area contributed by atoms with Crippen LogP contribution >= 0.6 is 11.8 Å². The third-order valence-corrected chi connectivity index (χ3v) is 13.3. The molecule has 0 bridgehead atoms. The van der Waals surface area contributed by atoms with E-state index in [1.807, 2.05) is 48.7 Å². The van der Waals surface area contributed by atoms with Crippen LogP contribution in [0.5, 0.6) is 17.2 Å². The molecule has 344 valence electrons. The van der Waals surface area contributed by atoms with E-state index in [2.05, 4.69) is 12.7 Å². The van der Waals surface area contributed by atoms with Gasteiger partial charge in [0.1, 0.15) is 35.7 Å². The van der Waals surface area contributed by atoms with Gasteiger partial charge in [-0.15, -0.1) is 18.3 Å². The van der Waals surface area contributed by atoms with Crippen LogP contribution in [0.25, 0.3) is 0 Å². The summed E-state index contributed by atoms with van der Waals surface area (Å²) in [6.45, 7) is 4.16. The van der Waals surface area contributed by atoms with Gasteiger partial charge in [-0.05, 0) is 127 Å². The summed E-state index contributed by atoms with van der Waals surface area (Å²) in [6, 6.07) is 24.7. The number of rotatable bonds is 21. The minimum absolute atomic E-state index is 0.00358. The first kappa shape index (κ1) is 47.2. The topological polar surface area (TPSA) is 162 Å². The molecule has 1 saturated carbocycles. The maximum Gasteiger partial charge on any atom is 0.410 e. The summed E-state index contributed by atoms with van der Waals surface area (Å²) in [6.07, 6.45) is 9.52. The van der Waals surface area contributed by atoms with E-state index in [0.717, 1.165) is 41.7 Å². The fourth-order valence-electron chi connectivity index (χ4n) is 9.60. The van der Waals surface area contributed by atoms with Crippen LogP contribution in [-0.2, 0) is 27.5 Å². The van der Waals surface area contributed by atoms with E-state index in [4.69, 9.17) is 28.9 Å².